The highest BCUT2D eigenvalue weighted by molar-refractivity contribution is 7.89. The van der Waals surface area contributed by atoms with Crippen LogP contribution in [0.1, 0.15) is 11.3 Å². The number of halogens is 3. The van der Waals surface area contributed by atoms with Gasteiger partial charge in [0, 0.05) is 0 Å². The third kappa shape index (κ3) is 4.89. The predicted molar refractivity (Wildman–Crippen MR) is 115 cm³/mol. The van der Waals surface area contributed by atoms with Crippen molar-refractivity contribution in [3.63, 3.8) is 0 Å². The molecule has 178 valence electrons. The van der Waals surface area contributed by atoms with Crippen LogP contribution in [0, 0.1) is 0 Å². The van der Waals surface area contributed by atoms with Crippen molar-refractivity contribution in [3.05, 3.63) is 82.7 Å². The van der Waals surface area contributed by atoms with Crippen LogP contribution in [-0.4, -0.2) is 35.1 Å². The number of para-hydroxylation sites is 1. The van der Waals surface area contributed by atoms with Gasteiger partial charge in [-0.25, -0.2) is 13.2 Å². The van der Waals surface area contributed by atoms with E-state index >= 15 is 0 Å². The molecule has 0 atom stereocenters. The Balaban J connectivity index is 1.65. The first-order valence-electron chi connectivity index (χ1n) is 9.75. The summed E-state index contributed by atoms with van der Waals surface area (Å²) in [5, 5.41) is 2.14. The zero-order valence-corrected chi connectivity index (χ0v) is 18.0. The SMILES string of the molecule is O=C(CN(Cc1ccco1)S(=O)(=O)c1ccc2[nH]c(=O)[nH]c2c1)Nc1ccccc1C(F)(F)F. The summed E-state index contributed by atoms with van der Waals surface area (Å²) < 4.78 is 72.4. The van der Waals surface area contributed by atoms with Gasteiger partial charge in [0.1, 0.15) is 5.76 Å². The summed E-state index contributed by atoms with van der Waals surface area (Å²) in [5.41, 5.74) is -1.48. The molecule has 0 unspecified atom stereocenters. The highest BCUT2D eigenvalue weighted by Crippen LogP contribution is 2.34. The van der Waals surface area contributed by atoms with Crippen LogP contribution >= 0.6 is 0 Å². The Morgan fingerprint density at radius 3 is 2.47 bits per heavy atom. The Labute approximate surface area is 190 Å². The minimum atomic E-state index is -4.72. The first kappa shape index (κ1) is 23.3. The van der Waals surface area contributed by atoms with Gasteiger partial charge < -0.3 is 19.7 Å². The number of furan rings is 1. The highest BCUT2D eigenvalue weighted by atomic mass is 32.2. The summed E-state index contributed by atoms with van der Waals surface area (Å²) in [5.74, 6) is -0.772. The number of carbonyl (C=O) groups is 1. The third-order valence-electron chi connectivity index (χ3n) is 4.86. The average molecular weight is 494 g/mol. The van der Waals surface area contributed by atoms with E-state index < -0.39 is 45.6 Å². The van der Waals surface area contributed by atoms with Gasteiger partial charge in [-0.1, -0.05) is 12.1 Å². The third-order valence-corrected chi connectivity index (χ3v) is 6.65. The number of nitrogens with one attached hydrogen (secondary N) is 3. The van der Waals surface area contributed by atoms with Crippen molar-refractivity contribution in [2.24, 2.45) is 0 Å². The van der Waals surface area contributed by atoms with Crippen molar-refractivity contribution in [2.45, 2.75) is 17.6 Å². The molecular weight excluding hydrogens is 477 g/mol. The lowest BCUT2D eigenvalue weighted by Crippen LogP contribution is -2.37. The van der Waals surface area contributed by atoms with Crippen molar-refractivity contribution >= 4 is 32.7 Å². The lowest BCUT2D eigenvalue weighted by Gasteiger charge is -2.21. The van der Waals surface area contributed by atoms with Gasteiger partial charge in [0.2, 0.25) is 15.9 Å². The highest BCUT2D eigenvalue weighted by Gasteiger charge is 2.34. The van der Waals surface area contributed by atoms with E-state index in [2.05, 4.69) is 15.3 Å². The van der Waals surface area contributed by atoms with Crippen LogP contribution in [0.25, 0.3) is 11.0 Å². The minimum Gasteiger partial charge on any atom is -0.468 e. The molecule has 4 aromatic rings. The molecule has 9 nitrogen and oxygen atoms in total. The van der Waals surface area contributed by atoms with E-state index in [0.29, 0.717) is 5.52 Å². The van der Waals surface area contributed by atoms with Crippen molar-refractivity contribution in [1.82, 2.24) is 14.3 Å². The molecule has 0 bridgehead atoms. The average Bonchev–Trinajstić information content (AvgIpc) is 3.40. The number of amides is 1. The van der Waals surface area contributed by atoms with E-state index in [1.165, 1.54) is 48.7 Å². The number of nitrogens with zero attached hydrogens (tertiary/aromatic N) is 1. The number of aromatic amines is 2. The first-order valence-corrected chi connectivity index (χ1v) is 11.2. The second-order valence-corrected chi connectivity index (χ2v) is 9.17. The minimum absolute atomic E-state index is 0.211. The van der Waals surface area contributed by atoms with Crippen molar-refractivity contribution < 1.29 is 30.8 Å². The van der Waals surface area contributed by atoms with Crippen molar-refractivity contribution in [2.75, 3.05) is 11.9 Å². The van der Waals surface area contributed by atoms with Crippen LogP contribution in [0.3, 0.4) is 0 Å². The van der Waals surface area contributed by atoms with E-state index in [9.17, 15) is 31.2 Å². The largest absolute Gasteiger partial charge is 0.468 e. The van der Waals surface area contributed by atoms with Gasteiger partial charge in [-0.3, -0.25) is 4.79 Å². The molecule has 34 heavy (non-hydrogen) atoms. The molecule has 0 spiro atoms. The van der Waals surface area contributed by atoms with Crippen LogP contribution in [0.4, 0.5) is 18.9 Å². The molecule has 0 saturated carbocycles. The molecule has 1 amide bonds. The van der Waals surface area contributed by atoms with E-state index in [-0.39, 0.29) is 22.7 Å². The Morgan fingerprint density at radius 1 is 1.03 bits per heavy atom. The summed E-state index contributed by atoms with van der Waals surface area (Å²) in [6, 6.07) is 11.2. The zero-order chi connectivity index (χ0) is 24.5. The van der Waals surface area contributed by atoms with E-state index in [0.717, 1.165) is 16.4 Å². The van der Waals surface area contributed by atoms with Crippen LogP contribution < -0.4 is 11.0 Å². The smallest absolute Gasteiger partial charge is 0.418 e. The lowest BCUT2D eigenvalue weighted by molar-refractivity contribution is -0.137. The number of carbonyl (C=O) groups excluding carboxylic acids is 1. The normalized spacial score (nSPS) is 12.4. The van der Waals surface area contributed by atoms with Gasteiger partial charge in [-0.2, -0.15) is 17.5 Å². The van der Waals surface area contributed by atoms with Crippen molar-refractivity contribution in [3.8, 4) is 0 Å². The van der Waals surface area contributed by atoms with Gasteiger partial charge >= 0.3 is 11.9 Å². The Hall–Kier alpha value is -3.84. The first-order chi connectivity index (χ1) is 16.0. The number of H-pyrrole nitrogens is 2. The quantitative estimate of drug-likeness (QED) is 0.363. The molecule has 0 radical (unpaired) electrons. The number of imidazole rings is 1. The van der Waals surface area contributed by atoms with Crippen LogP contribution in [0.5, 0.6) is 0 Å². The summed E-state index contributed by atoms with van der Waals surface area (Å²) in [4.78, 5) is 28.9. The standard InChI is InChI=1S/C21H17F3N4O5S/c22-21(23,24)15-5-1-2-6-16(15)25-19(29)12-28(11-13-4-3-9-33-13)34(31,32)14-7-8-17-18(10-14)27-20(30)26-17/h1-10H,11-12H2,(H,25,29)(H2,26,27,30). The zero-order valence-electron chi connectivity index (χ0n) is 17.2. The summed E-state index contributed by atoms with van der Waals surface area (Å²) in [7, 11) is -4.33. The number of hydrogen-bond donors (Lipinski definition) is 3. The maximum atomic E-state index is 13.3. The molecule has 2 heterocycles. The van der Waals surface area contributed by atoms with Gasteiger partial charge in [0.25, 0.3) is 0 Å². The fourth-order valence-electron chi connectivity index (χ4n) is 3.31. The number of rotatable bonds is 7. The maximum absolute atomic E-state index is 13.3. The van der Waals surface area contributed by atoms with E-state index in [4.69, 9.17) is 4.42 Å². The number of alkyl halides is 3. The molecule has 4 rings (SSSR count). The monoisotopic (exact) mass is 494 g/mol. The molecule has 2 aromatic carbocycles. The summed E-state index contributed by atoms with van der Waals surface area (Å²) in [6.07, 6.45) is -3.40. The molecule has 0 aliphatic rings. The van der Waals surface area contributed by atoms with Crippen molar-refractivity contribution in [1.29, 1.82) is 0 Å². The summed E-state index contributed by atoms with van der Waals surface area (Å²) >= 11 is 0. The van der Waals surface area contributed by atoms with Gasteiger partial charge in [0.15, 0.2) is 0 Å². The Kier molecular flexibility index (Phi) is 6.06. The van der Waals surface area contributed by atoms with E-state index in [1.807, 2.05) is 0 Å². The second-order valence-electron chi connectivity index (χ2n) is 7.23. The van der Waals surface area contributed by atoms with Crippen LogP contribution in [0.15, 0.2) is 75.0 Å². The second kappa shape index (κ2) is 8.83. The molecule has 0 fully saturated rings. The van der Waals surface area contributed by atoms with Gasteiger partial charge in [0.05, 0.1) is 46.5 Å². The molecule has 0 aliphatic heterocycles. The number of sulfonamides is 1. The molecule has 13 heteroatoms. The Bertz CT molecular complexity index is 1490. The lowest BCUT2D eigenvalue weighted by atomic mass is 10.1. The number of anilines is 1. The van der Waals surface area contributed by atoms with Crippen LogP contribution in [0.2, 0.25) is 0 Å². The van der Waals surface area contributed by atoms with Crippen LogP contribution in [-0.2, 0) is 27.5 Å². The number of aromatic nitrogens is 2. The number of benzene rings is 2. The molecule has 0 saturated heterocycles. The predicted octanol–water partition coefficient (Wildman–Crippen LogP) is 3.30. The van der Waals surface area contributed by atoms with E-state index in [1.54, 1.807) is 0 Å². The fraction of sp³-hybridized carbons (Fsp3) is 0.143. The molecule has 2 aromatic heterocycles. The Morgan fingerprint density at radius 2 is 1.76 bits per heavy atom. The molecule has 0 aliphatic carbocycles. The number of fused-ring (bicyclic) bond motifs is 1. The number of hydrogen-bond acceptors (Lipinski definition) is 5. The fourth-order valence-corrected chi connectivity index (χ4v) is 4.70. The molecular formula is C21H17F3N4O5S. The van der Waals surface area contributed by atoms with Gasteiger partial charge in [-0.15, -0.1) is 0 Å². The maximum Gasteiger partial charge on any atom is 0.418 e. The molecule has 3 N–H and O–H groups in total. The van der Waals surface area contributed by atoms with Gasteiger partial charge in [-0.05, 0) is 42.5 Å². The summed E-state index contributed by atoms with van der Waals surface area (Å²) in [6.45, 7) is -1.15. The topological polar surface area (TPSA) is 128 Å².